The van der Waals surface area contributed by atoms with Gasteiger partial charge in [0.05, 0.1) is 17.8 Å². The van der Waals surface area contributed by atoms with Gasteiger partial charge in [0.2, 0.25) is 0 Å². The minimum absolute atomic E-state index is 0.139. The van der Waals surface area contributed by atoms with Gasteiger partial charge in [-0.2, -0.15) is 0 Å². The van der Waals surface area contributed by atoms with Gasteiger partial charge in [0.15, 0.2) is 0 Å². The maximum Gasteiger partial charge on any atom is 0.107 e. The second kappa shape index (κ2) is 4.91. The van der Waals surface area contributed by atoms with Gasteiger partial charge in [-0.3, -0.25) is 4.90 Å². The number of rotatable bonds is 2. The van der Waals surface area contributed by atoms with E-state index in [0.29, 0.717) is 0 Å². The molecule has 3 nitrogen and oxygen atoms in total. The van der Waals surface area contributed by atoms with Gasteiger partial charge >= 0.3 is 0 Å². The Hall–Kier alpha value is -0.450. The summed E-state index contributed by atoms with van der Waals surface area (Å²) in [6.07, 6.45) is 1.73. The molecule has 0 radical (unpaired) electrons. The van der Waals surface area contributed by atoms with E-state index in [4.69, 9.17) is 4.98 Å². The molecular formula is C14H24N2OS. The van der Waals surface area contributed by atoms with Crippen LogP contribution >= 0.6 is 11.3 Å². The second-order valence-corrected chi connectivity index (χ2v) is 7.59. The van der Waals surface area contributed by atoms with Crippen LogP contribution in [0.5, 0.6) is 0 Å². The maximum absolute atomic E-state index is 9.93. The number of piperidine rings is 1. The van der Waals surface area contributed by atoms with Crippen LogP contribution in [0.2, 0.25) is 0 Å². The summed E-state index contributed by atoms with van der Waals surface area (Å²) in [5.74, 6) is 0. The quantitative estimate of drug-likeness (QED) is 0.896. The molecule has 2 heterocycles. The molecular weight excluding hydrogens is 244 g/mol. The average molecular weight is 268 g/mol. The summed E-state index contributed by atoms with van der Waals surface area (Å²) in [5.41, 5.74) is 0.863. The lowest BCUT2D eigenvalue weighted by Crippen LogP contribution is -2.41. The number of aliphatic hydroxyl groups is 1. The molecule has 18 heavy (non-hydrogen) atoms. The fourth-order valence-electron chi connectivity index (χ4n) is 2.11. The Balaban J connectivity index is 1.93. The molecule has 0 bridgehead atoms. The summed E-state index contributed by atoms with van der Waals surface area (Å²) >= 11 is 1.75. The van der Waals surface area contributed by atoms with E-state index in [9.17, 15) is 5.11 Å². The van der Waals surface area contributed by atoms with Gasteiger partial charge in [0, 0.05) is 23.9 Å². The normalized spacial score (nSPS) is 21.2. The summed E-state index contributed by atoms with van der Waals surface area (Å²) in [5, 5.41) is 13.3. The van der Waals surface area contributed by atoms with Crippen LogP contribution in [0, 0.1) is 0 Å². The van der Waals surface area contributed by atoms with Crippen molar-refractivity contribution < 1.29 is 5.11 Å². The first-order valence-corrected chi connectivity index (χ1v) is 7.54. The average Bonchev–Trinajstić information content (AvgIpc) is 2.69. The molecule has 1 saturated heterocycles. The molecule has 0 unspecified atom stereocenters. The Kier molecular flexibility index (Phi) is 3.81. The van der Waals surface area contributed by atoms with Crippen LogP contribution in [0.4, 0.5) is 0 Å². The number of likely N-dealkylation sites (tertiary alicyclic amines) is 1. The van der Waals surface area contributed by atoms with Crippen LogP contribution in [0.15, 0.2) is 5.38 Å². The lowest BCUT2D eigenvalue weighted by atomic mass is 9.93. The van der Waals surface area contributed by atoms with Crippen LogP contribution < -0.4 is 0 Å². The smallest absolute Gasteiger partial charge is 0.107 e. The van der Waals surface area contributed by atoms with E-state index in [1.807, 2.05) is 6.92 Å². The summed E-state index contributed by atoms with van der Waals surface area (Å²) in [6, 6.07) is 0. The van der Waals surface area contributed by atoms with Crippen LogP contribution in [-0.2, 0) is 12.0 Å². The third kappa shape index (κ3) is 3.53. The predicted molar refractivity (Wildman–Crippen MR) is 75.9 cm³/mol. The van der Waals surface area contributed by atoms with Gasteiger partial charge in [-0.1, -0.05) is 20.8 Å². The van der Waals surface area contributed by atoms with Crippen LogP contribution in [0.3, 0.4) is 0 Å². The van der Waals surface area contributed by atoms with Gasteiger partial charge < -0.3 is 5.11 Å². The van der Waals surface area contributed by atoms with Crippen molar-refractivity contribution in [1.82, 2.24) is 9.88 Å². The molecule has 2 rings (SSSR count). The predicted octanol–water partition coefficient (Wildman–Crippen LogP) is 2.79. The first-order valence-electron chi connectivity index (χ1n) is 6.66. The molecule has 102 valence electrons. The van der Waals surface area contributed by atoms with Crippen molar-refractivity contribution in [2.45, 2.75) is 58.1 Å². The Morgan fingerprint density at radius 2 is 2.00 bits per heavy atom. The van der Waals surface area contributed by atoms with Crippen molar-refractivity contribution in [1.29, 1.82) is 0 Å². The first-order chi connectivity index (χ1) is 8.26. The molecule has 0 amide bonds. The van der Waals surface area contributed by atoms with E-state index >= 15 is 0 Å². The summed E-state index contributed by atoms with van der Waals surface area (Å²) < 4.78 is 0. The highest BCUT2D eigenvalue weighted by Gasteiger charge is 2.27. The highest BCUT2D eigenvalue weighted by molar-refractivity contribution is 7.09. The summed E-state index contributed by atoms with van der Waals surface area (Å²) in [4.78, 5) is 7.12. The van der Waals surface area contributed by atoms with E-state index in [0.717, 1.165) is 32.5 Å². The second-order valence-electron chi connectivity index (χ2n) is 6.65. The van der Waals surface area contributed by atoms with Gasteiger partial charge in [-0.05, 0) is 19.8 Å². The molecule has 0 saturated carbocycles. The van der Waals surface area contributed by atoms with E-state index in [-0.39, 0.29) is 5.41 Å². The van der Waals surface area contributed by atoms with Gasteiger partial charge in [0.1, 0.15) is 5.01 Å². The van der Waals surface area contributed by atoms with Crippen molar-refractivity contribution >= 4 is 11.3 Å². The highest BCUT2D eigenvalue weighted by Crippen LogP contribution is 2.26. The van der Waals surface area contributed by atoms with Crippen molar-refractivity contribution in [3.05, 3.63) is 16.1 Å². The van der Waals surface area contributed by atoms with Gasteiger partial charge in [-0.25, -0.2) is 4.98 Å². The van der Waals surface area contributed by atoms with E-state index in [1.54, 1.807) is 11.3 Å². The number of nitrogens with zero attached hydrogens (tertiary/aromatic N) is 2. The molecule has 1 aromatic heterocycles. The first kappa shape index (κ1) is 14.0. The van der Waals surface area contributed by atoms with Gasteiger partial charge in [0.25, 0.3) is 0 Å². The Morgan fingerprint density at radius 1 is 1.39 bits per heavy atom. The zero-order chi connectivity index (χ0) is 13.4. The molecule has 1 aliphatic heterocycles. The van der Waals surface area contributed by atoms with Crippen LogP contribution in [0.1, 0.15) is 51.2 Å². The molecule has 4 heteroatoms. The lowest BCUT2D eigenvalue weighted by molar-refractivity contribution is -0.00732. The molecule has 0 aromatic carbocycles. The standard InChI is InChI=1S/C14H24N2OS/c1-13(2,3)11-10-18-12(15-11)9-16-7-5-14(4,17)6-8-16/h10,17H,5-9H2,1-4H3. The number of hydrogen-bond acceptors (Lipinski definition) is 4. The molecule has 1 aliphatic rings. The SMILES string of the molecule is CC1(O)CCN(Cc2nc(C(C)(C)C)cs2)CC1. The zero-order valence-electron chi connectivity index (χ0n) is 11.9. The number of aromatic nitrogens is 1. The maximum atomic E-state index is 9.93. The molecule has 0 spiro atoms. The molecule has 1 aromatic rings. The Morgan fingerprint density at radius 3 is 2.50 bits per heavy atom. The molecule has 0 aliphatic carbocycles. The van der Waals surface area contributed by atoms with E-state index in [2.05, 4.69) is 31.1 Å². The van der Waals surface area contributed by atoms with Crippen molar-refractivity contribution in [3.8, 4) is 0 Å². The summed E-state index contributed by atoms with van der Waals surface area (Å²) in [6.45, 7) is 11.4. The van der Waals surface area contributed by atoms with Crippen molar-refractivity contribution in [2.75, 3.05) is 13.1 Å². The highest BCUT2D eigenvalue weighted by atomic mass is 32.1. The topological polar surface area (TPSA) is 36.4 Å². The fraction of sp³-hybridized carbons (Fsp3) is 0.786. The van der Waals surface area contributed by atoms with Crippen LogP contribution in [-0.4, -0.2) is 33.7 Å². The minimum atomic E-state index is -0.462. The Bertz CT molecular complexity index is 396. The third-order valence-corrected chi connectivity index (χ3v) is 4.45. The monoisotopic (exact) mass is 268 g/mol. The van der Waals surface area contributed by atoms with Crippen molar-refractivity contribution in [2.24, 2.45) is 0 Å². The number of hydrogen-bond donors (Lipinski definition) is 1. The fourth-order valence-corrected chi connectivity index (χ4v) is 3.17. The van der Waals surface area contributed by atoms with E-state index < -0.39 is 5.60 Å². The zero-order valence-corrected chi connectivity index (χ0v) is 12.7. The van der Waals surface area contributed by atoms with E-state index in [1.165, 1.54) is 10.7 Å². The number of thiazole rings is 1. The van der Waals surface area contributed by atoms with Crippen LogP contribution in [0.25, 0.3) is 0 Å². The largest absolute Gasteiger partial charge is 0.390 e. The minimum Gasteiger partial charge on any atom is -0.390 e. The molecule has 0 atom stereocenters. The molecule has 1 fully saturated rings. The van der Waals surface area contributed by atoms with Gasteiger partial charge in [-0.15, -0.1) is 11.3 Å². The molecule has 1 N–H and O–H groups in total. The Labute approximate surface area is 114 Å². The summed E-state index contributed by atoms with van der Waals surface area (Å²) in [7, 11) is 0. The third-order valence-electron chi connectivity index (χ3n) is 3.61. The lowest BCUT2D eigenvalue weighted by Gasteiger charge is -2.35. The van der Waals surface area contributed by atoms with Crippen molar-refractivity contribution in [3.63, 3.8) is 0 Å².